The molecule has 1 saturated carbocycles. The Hall–Kier alpha value is -1.64. The third-order valence-electron chi connectivity index (χ3n) is 4.73. The van der Waals surface area contributed by atoms with Crippen LogP contribution in [0.1, 0.15) is 36.4 Å². The smallest absolute Gasteiger partial charge is 0.165 e. The molecule has 1 aliphatic carbocycles. The fraction of sp³-hybridized carbons (Fsp3) is 0.562. The third-order valence-corrected chi connectivity index (χ3v) is 4.73. The maximum atomic E-state index is 13.8. The molecule has 0 spiro atoms. The van der Waals surface area contributed by atoms with E-state index in [9.17, 15) is 14.8 Å². The number of hydrogen-bond donors (Lipinski definition) is 2. The van der Waals surface area contributed by atoms with Crippen LogP contribution in [0.15, 0.2) is 12.1 Å². The molecule has 5 heteroatoms. The average molecular weight is 289 g/mol. The summed E-state index contributed by atoms with van der Waals surface area (Å²) in [6, 6.07) is 4.73. The van der Waals surface area contributed by atoms with Gasteiger partial charge in [0, 0.05) is 37.8 Å². The van der Waals surface area contributed by atoms with Crippen LogP contribution in [0.4, 0.5) is 4.39 Å². The van der Waals surface area contributed by atoms with Crippen LogP contribution in [-0.4, -0.2) is 36.2 Å². The van der Waals surface area contributed by atoms with E-state index in [0.29, 0.717) is 17.0 Å². The first kappa shape index (κ1) is 14.3. The number of benzene rings is 1. The average Bonchev–Trinajstić information content (AvgIpc) is 2.47. The third kappa shape index (κ3) is 2.61. The van der Waals surface area contributed by atoms with Crippen molar-refractivity contribution in [3.63, 3.8) is 0 Å². The standard InChI is InChI=1S/C16H20FN3O/c17-13-5-4-12(10-18)14(16(13)21)15(11-2-1-3-11)20-8-6-19-7-9-20/h4-5,11,15,19,21H,1-3,6-9H2/t15-/m0/s1. The molecule has 0 amide bonds. The van der Waals surface area contributed by atoms with E-state index in [0.717, 1.165) is 39.0 Å². The molecule has 0 aromatic heterocycles. The minimum absolute atomic E-state index is 0.0498. The fourth-order valence-electron chi connectivity index (χ4n) is 3.41. The highest BCUT2D eigenvalue weighted by atomic mass is 19.1. The van der Waals surface area contributed by atoms with Crippen molar-refractivity contribution in [3.8, 4) is 11.8 Å². The van der Waals surface area contributed by atoms with Crippen LogP contribution < -0.4 is 5.32 Å². The van der Waals surface area contributed by atoms with Crippen LogP contribution in [0, 0.1) is 23.1 Å². The molecule has 1 aromatic carbocycles. The summed E-state index contributed by atoms with van der Waals surface area (Å²) in [5.41, 5.74) is 0.883. The van der Waals surface area contributed by atoms with Crippen LogP contribution >= 0.6 is 0 Å². The second kappa shape index (κ2) is 6.00. The van der Waals surface area contributed by atoms with Crippen molar-refractivity contribution in [2.45, 2.75) is 25.3 Å². The fourth-order valence-corrected chi connectivity index (χ4v) is 3.41. The molecule has 3 rings (SSSR count). The molecule has 1 aromatic rings. The molecule has 2 N–H and O–H groups in total. The maximum Gasteiger partial charge on any atom is 0.165 e. The van der Waals surface area contributed by atoms with Gasteiger partial charge in [0.25, 0.3) is 0 Å². The van der Waals surface area contributed by atoms with E-state index in [-0.39, 0.29) is 11.8 Å². The van der Waals surface area contributed by atoms with Crippen LogP contribution in [0.2, 0.25) is 0 Å². The number of phenols is 1. The molecule has 0 unspecified atom stereocenters. The number of nitrogens with one attached hydrogen (secondary N) is 1. The lowest BCUT2D eigenvalue weighted by Gasteiger charge is -2.43. The van der Waals surface area contributed by atoms with Crippen LogP contribution in [0.25, 0.3) is 0 Å². The number of piperazine rings is 1. The van der Waals surface area contributed by atoms with E-state index in [2.05, 4.69) is 16.3 Å². The lowest BCUT2D eigenvalue weighted by Crippen LogP contribution is -2.48. The Balaban J connectivity index is 2.03. The van der Waals surface area contributed by atoms with Gasteiger partial charge in [0.05, 0.1) is 11.6 Å². The Morgan fingerprint density at radius 3 is 2.62 bits per heavy atom. The lowest BCUT2D eigenvalue weighted by molar-refractivity contribution is 0.0813. The number of hydrogen-bond acceptors (Lipinski definition) is 4. The summed E-state index contributed by atoms with van der Waals surface area (Å²) in [4.78, 5) is 2.29. The summed E-state index contributed by atoms with van der Waals surface area (Å²) in [6.07, 6.45) is 3.33. The summed E-state index contributed by atoms with van der Waals surface area (Å²) < 4.78 is 13.8. The van der Waals surface area contributed by atoms with Crippen molar-refractivity contribution in [1.29, 1.82) is 5.26 Å². The number of halogens is 1. The minimum atomic E-state index is -0.636. The quantitative estimate of drug-likeness (QED) is 0.895. The van der Waals surface area contributed by atoms with Gasteiger partial charge in [-0.05, 0) is 30.9 Å². The molecule has 1 aliphatic heterocycles. The number of phenolic OH excluding ortho intramolecular Hbond substituents is 1. The van der Waals surface area contributed by atoms with Gasteiger partial charge in [0.15, 0.2) is 11.6 Å². The molecule has 21 heavy (non-hydrogen) atoms. The van der Waals surface area contributed by atoms with E-state index < -0.39 is 5.82 Å². The second-order valence-electron chi connectivity index (χ2n) is 5.89. The van der Waals surface area contributed by atoms with Gasteiger partial charge >= 0.3 is 0 Å². The molecule has 1 atom stereocenters. The zero-order chi connectivity index (χ0) is 14.8. The number of nitrogens with zero attached hydrogens (tertiary/aromatic N) is 2. The van der Waals surface area contributed by atoms with Crippen molar-refractivity contribution in [3.05, 3.63) is 29.1 Å². The number of aromatic hydroxyl groups is 1. The van der Waals surface area contributed by atoms with E-state index in [1.807, 2.05) is 0 Å². The number of rotatable bonds is 3. The molecule has 2 aliphatic rings. The Labute approximate surface area is 124 Å². The molecule has 0 bridgehead atoms. The van der Waals surface area contributed by atoms with E-state index in [1.165, 1.54) is 18.6 Å². The lowest BCUT2D eigenvalue weighted by atomic mass is 9.75. The Bertz CT molecular complexity index is 559. The molecular formula is C16H20FN3O. The van der Waals surface area contributed by atoms with E-state index in [4.69, 9.17) is 0 Å². The highest BCUT2D eigenvalue weighted by Crippen LogP contribution is 2.45. The van der Waals surface area contributed by atoms with Crippen molar-refractivity contribution < 1.29 is 9.50 Å². The molecule has 1 heterocycles. The zero-order valence-corrected chi connectivity index (χ0v) is 12.0. The van der Waals surface area contributed by atoms with Gasteiger partial charge in [0.1, 0.15) is 0 Å². The molecule has 2 fully saturated rings. The van der Waals surface area contributed by atoms with Gasteiger partial charge in [-0.1, -0.05) is 6.42 Å². The van der Waals surface area contributed by atoms with E-state index in [1.54, 1.807) is 0 Å². The predicted molar refractivity (Wildman–Crippen MR) is 77.3 cm³/mol. The SMILES string of the molecule is N#Cc1ccc(F)c(O)c1[C@H](C1CCC1)N1CCNCC1. The van der Waals surface area contributed by atoms with Gasteiger partial charge in [-0.15, -0.1) is 0 Å². The van der Waals surface area contributed by atoms with Crippen molar-refractivity contribution >= 4 is 0 Å². The Kier molecular flexibility index (Phi) is 4.09. The van der Waals surface area contributed by atoms with Crippen LogP contribution in [0.3, 0.4) is 0 Å². The number of nitriles is 1. The van der Waals surface area contributed by atoms with E-state index >= 15 is 0 Å². The first-order valence-electron chi connectivity index (χ1n) is 7.58. The summed E-state index contributed by atoms with van der Waals surface area (Å²) >= 11 is 0. The predicted octanol–water partition coefficient (Wildman–Crippen LogP) is 2.15. The maximum absolute atomic E-state index is 13.8. The van der Waals surface area contributed by atoms with Crippen LogP contribution in [0.5, 0.6) is 5.75 Å². The summed E-state index contributed by atoms with van der Waals surface area (Å²) in [5, 5.41) is 22.9. The highest BCUT2D eigenvalue weighted by Gasteiger charge is 2.37. The molecular weight excluding hydrogens is 269 g/mol. The van der Waals surface area contributed by atoms with Gasteiger partial charge in [-0.3, -0.25) is 4.90 Å². The van der Waals surface area contributed by atoms with Gasteiger partial charge in [-0.25, -0.2) is 4.39 Å². The van der Waals surface area contributed by atoms with Gasteiger partial charge in [0.2, 0.25) is 0 Å². The highest BCUT2D eigenvalue weighted by molar-refractivity contribution is 5.49. The normalized spacial score (nSPS) is 21.5. The summed E-state index contributed by atoms with van der Waals surface area (Å²) in [6.45, 7) is 3.51. The summed E-state index contributed by atoms with van der Waals surface area (Å²) in [7, 11) is 0. The Morgan fingerprint density at radius 2 is 2.05 bits per heavy atom. The van der Waals surface area contributed by atoms with Crippen molar-refractivity contribution in [2.75, 3.05) is 26.2 Å². The van der Waals surface area contributed by atoms with Gasteiger partial charge < -0.3 is 10.4 Å². The van der Waals surface area contributed by atoms with Gasteiger partial charge in [-0.2, -0.15) is 5.26 Å². The molecule has 4 nitrogen and oxygen atoms in total. The Morgan fingerprint density at radius 1 is 1.33 bits per heavy atom. The topological polar surface area (TPSA) is 59.3 Å². The summed E-state index contributed by atoms with van der Waals surface area (Å²) in [5.74, 6) is -0.573. The zero-order valence-electron chi connectivity index (χ0n) is 12.0. The molecule has 112 valence electrons. The van der Waals surface area contributed by atoms with Crippen LogP contribution in [-0.2, 0) is 0 Å². The molecule has 0 radical (unpaired) electrons. The first-order valence-corrected chi connectivity index (χ1v) is 7.58. The minimum Gasteiger partial charge on any atom is -0.505 e. The first-order chi connectivity index (χ1) is 10.2. The molecule has 1 saturated heterocycles. The van der Waals surface area contributed by atoms with Crippen molar-refractivity contribution in [2.24, 2.45) is 5.92 Å². The van der Waals surface area contributed by atoms with Crippen molar-refractivity contribution in [1.82, 2.24) is 10.2 Å². The largest absolute Gasteiger partial charge is 0.505 e. The second-order valence-corrected chi connectivity index (χ2v) is 5.89. The monoisotopic (exact) mass is 289 g/mol.